The fraction of sp³-hybridized carbons (Fsp3) is 0.455. The van der Waals surface area contributed by atoms with E-state index in [1.165, 1.54) is 7.11 Å². The molecule has 0 spiro atoms. The van der Waals surface area contributed by atoms with Crippen molar-refractivity contribution in [2.75, 3.05) is 20.3 Å². The minimum absolute atomic E-state index is 0.0956. The fourth-order valence-corrected chi connectivity index (χ4v) is 2.25. The lowest BCUT2D eigenvalue weighted by Crippen LogP contribution is -2.27. The number of aryl methyl sites for hydroxylation is 1. The predicted molar refractivity (Wildman–Crippen MR) is 64.8 cm³/mol. The molecule has 1 N–H and O–H groups in total. The number of methoxy groups -OCH3 is 1. The zero-order chi connectivity index (χ0) is 12.7. The molecule has 17 heavy (non-hydrogen) atoms. The molecular weight excluding hydrogens is 242 g/mol. The third kappa shape index (κ3) is 5.78. The normalized spacial score (nSPS) is 11.6. The van der Waals surface area contributed by atoms with Crippen LogP contribution >= 0.6 is 0 Å². The van der Waals surface area contributed by atoms with Gasteiger partial charge in [0.05, 0.1) is 19.0 Å². The molecule has 6 heteroatoms. The number of sulfonamides is 1. The maximum Gasteiger partial charge on any atom is 0.237 e. The first-order chi connectivity index (χ1) is 8.03. The van der Waals surface area contributed by atoms with Gasteiger partial charge in [0.2, 0.25) is 10.0 Å². The Morgan fingerprint density at radius 2 is 2.06 bits per heavy atom. The quantitative estimate of drug-likeness (QED) is 0.586. The second-order valence-corrected chi connectivity index (χ2v) is 5.36. The monoisotopic (exact) mass is 259 g/mol. The van der Waals surface area contributed by atoms with Crippen LogP contribution in [0.15, 0.2) is 24.3 Å². The summed E-state index contributed by atoms with van der Waals surface area (Å²) in [5.41, 5.74) is 1.76. The molecule has 1 aromatic rings. The zero-order valence-corrected chi connectivity index (χ0v) is 10.8. The van der Waals surface area contributed by atoms with Gasteiger partial charge in [0.1, 0.15) is 0 Å². The average Bonchev–Trinajstić information content (AvgIpc) is 2.24. The van der Waals surface area contributed by atoms with Gasteiger partial charge in [0.25, 0.3) is 0 Å². The van der Waals surface area contributed by atoms with Crippen molar-refractivity contribution < 1.29 is 18.0 Å². The first kappa shape index (κ1) is 14.1. The zero-order valence-electron chi connectivity index (χ0n) is 9.97. The van der Waals surface area contributed by atoms with E-state index < -0.39 is 10.0 Å². The van der Waals surface area contributed by atoms with Crippen LogP contribution < -0.4 is 4.89 Å². The summed E-state index contributed by atoms with van der Waals surface area (Å²) in [5, 5.41) is 0. The van der Waals surface area contributed by atoms with Crippen molar-refractivity contribution >= 4 is 10.0 Å². The molecule has 0 aromatic heterocycles. The molecule has 1 rings (SSSR count). The van der Waals surface area contributed by atoms with Crippen molar-refractivity contribution in [3.05, 3.63) is 35.4 Å². The van der Waals surface area contributed by atoms with Gasteiger partial charge >= 0.3 is 0 Å². The van der Waals surface area contributed by atoms with E-state index in [-0.39, 0.29) is 12.4 Å². The van der Waals surface area contributed by atoms with Crippen LogP contribution in [0.4, 0.5) is 0 Å². The third-order valence-electron chi connectivity index (χ3n) is 2.01. The van der Waals surface area contributed by atoms with E-state index in [1.54, 1.807) is 6.07 Å². The van der Waals surface area contributed by atoms with E-state index in [4.69, 9.17) is 9.57 Å². The highest BCUT2D eigenvalue weighted by Gasteiger charge is 2.11. The number of hydrogen-bond donors (Lipinski definition) is 1. The Morgan fingerprint density at radius 1 is 1.29 bits per heavy atom. The van der Waals surface area contributed by atoms with Crippen molar-refractivity contribution in [3.8, 4) is 0 Å². The Hall–Kier alpha value is -0.950. The minimum atomic E-state index is -3.46. The first-order valence-corrected chi connectivity index (χ1v) is 6.84. The van der Waals surface area contributed by atoms with Crippen LogP contribution in [0.5, 0.6) is 0 Å². The van der Waals surface area contributed by atoms with Gasteiger partial charge in [0.15, 0.2) is 0 Å². The van der Waals surface area contributed by atoms with E-state index in [2.05, 4.69) is 4.89 Å². The van der Waals surface area contributed by atoms with Crippen LogP contribution in [0, 0.1) is 6.92 Å². The molecule has 1 aromatic carbocycles. The van der Waals surface area contributed by atoms with Gasteiger partial charge in [-0.25, -0.2) is 8.42 Å². The summed E-state index contributed by atoms with van der Waals surface area (Å²) in [6, 6.07) is 7.33. The van der Waals surface area contributed by atoms with Crippen molar-refractivity contribution in [3.63, 3.8) is 0 Å². The first-order valence-electron chi connectivity index (χ1n) is 5.19. The maximum absolute atomic E-state index is 11.6. The van der Waals surface area contributed by atoms with E-state index in [9.17, 15) is 8.42 Å². The van der Waals surface area contributed by atoms with Gasteiger partial charge in [-0.05, 0) is 12.5 Å². The highest BCUT2D eigenvalue weighted by molar-refractivity contribution is 7.88. The summed E-state index contributed by atoms with van der Waals surface area (Å²) in [6.45, 7) is 2.44. The smallest absolute Gasteiger partial charge is 0.237 e. The number of benzene rings is 1. The Kier molecular flexibility index (Phi) is 5.57. The molecule has 0 aliphatic heterocycles. The predicted octanol–water partition coefficient (Wildman–Crippen LogP) is 0.992. The van der Waals surface area contributed by atoms with E-state index >= 15 is 0 Å². The number of ether oxygens (including phenoxy) is 1. The standard InChI is InChI=1S/C11H17NO4S/c1-10-4-3-5-11(8-10)9-17(13,14)12-16-7-6-15-2/h3-5,8,12H,6-7,9H2,1-2H3. The molecule has 0 saturated heterocycles. The lowest BCUT2D eigenvalue weighted by molar-refractivity contribution is 0.0438. The van der Waals surface area contributed by atoms with Crippen LogP contribution in [-0.4, -0.2) is 28.7 Å². The molecule has 0 aliphatic carbocycles. The SMILES string of the molecule is COCCONS(=O)(=O)Cc1cccc(C)c1. The highest BCUT2D eigenvalue weighted by atomic mass is 32.2. The Labute approximate surface area is 102 Å². The minimum Gasteiger partial charge on any atom is -0.382 e. The lowest BCUT2D eigenvalue weighted by Gasteiger charge is -2.07. The summed E-state index contributed by atoms with van der Waals surface area (Å²) >= 11 is 0. The van der Waals surface area contributed by atoms with Crippen molar-refractivity contribution in [2.45, 2.75) is 12.7 Å². The van der Waals surface area contributed by atoms with Crippen molar-refractivity contribution in [1.29, 1.82) is 0 Å². The van der Waals surface area contributed by atoms with Crippen molar-refractivity contribution in [2.24, 2.45) is 0 Å². The second kappa shape index (κ2) is 6.70. The van der Waals surface area contributed by atoms with Crippen molar-refractivity contribution in [1.82, 2.24) is 4.89 Å². The molecule has 0 atom stereocenters. The lowest BCUT2D eigenvalue weighted by atomic mass is 10.2. The number of hydrogen-bond acceptors (Lipinski definition) is 4. The van der Waals surface area contributed by atoms with Crippen LogP contribution in [-0.2, 0) is 25.4 Å². The van der Waals surface area contributed by atoms with Crippen LogP contribution in [0.25, 0.3) is 0 Å². The van der Waals surface area contributed by atoms with Gasteiger partial charge in [0, 0.05) is 7.11 Å². The Balaban J connectivity index is 2.49. The summed E-state index contributed by atoms with van der Waals surface area (Å²) in [6.07, 6.45) is 0. The summed E-state index contributed by atoms with van der Waals surface area (Å²) in [7, 11) is -1.94. The maximum atomic E-state index is 11.6. The molecule has 0 amide bonds. The molecule has 0 unspecified atom stereocenters. The molecular formula is C11H17NO4S. The summed E-state index contributed by atoms with van der Waals surface area (Å²) in [5.74, 6) is -0.0956. The third-order valence-corrected chi connectivity index (χ3v) is 3.10. The summed E-state index contributed by atoms with van der Waals surface area (Å²) in [4.78, 5) is 6.83. The molecule has 0 saturated carbocycles. The van der Waals surface area contributed by atoms with E-state index in [0.717, 1.165) is 11.1 Å². The van der Waals surface area contributed by atoms with Gasteiger partial charge in [-0.15, -0.1) is 0 Å². The van der Waals surface area contributed by atoms with Crippen LogP contribution in [0.1, 0.15) is 11.1 Å². The molecule has 0 fully saturated rings. The fourth-order valence-electron chi connectivity index (χ4n) is 1.31. The number of nitrogens with one attached hydrogen (secondary N) is 1. The van der Waals surface area contributed by atoms with E-state index in [0.29, 0.717) is 6.61 Å². The van der Waals surface area contributed by atoms with E-state index in [1.807, 2.05) is 25.1 Å². The van der Waals surface area contributed by atoms with Gasteiger partial charge < -0.3 is 4.74 Å². The summed E-state index contributed by atoms with van der Waals surface area (Å²) < 4.78 is 27.9. The van der Waals surface area contributed by atoms with Gasteiger partial charge in [-0.2, -0.15) is 0 Å². The highest BCUT2D eigenvalue weighted by Crippen LogP contribution is 2.07. The van der Waals surface area contributed by atoms with Gasteiger partial charge in [-0.1, -0.05) is 34.7 Å². The molecule has 0 aliphatic rings. The molecule has 5 nitrogen and oxygen atoms in total. The largest absolute Gasteiger partial charge is 0.382 e. The average molecular weight is 259 g/mol. The molecule has 96 valence electrons. The van der Waals surface area contributed by atoms with Gasteiger partial charge in [-0.3, -0.25) is 4.84 Å². The Bertz CT molecular complexity index is 445. The van der Waals surface area contributed by atoms with Crippen LogP contribution in [0.3, 0.4) is 0 Å². The van der Waals surface area contributed by atoms with Crippen LogP contribution in [0.2, 0.25) is 0 Å². The molecule has 0 bridgehead atoms. The number of rotatable bonds is 7. The molecule has 0 heterocycles. The Morgan fingerprint density at radius 3 is 2.71 bits per heavy atom. The second-order valence-electron chi connectivity index (χ2n) is 3.67. The topological polar surface area (TPSA) is 64.6 Å². The molecule has 0 radical (unpaired) electrons.